The van der Waals surface area contributed by atoms with Crippen molar-refractivity contribution in [2.24, 2.45) is 0 Å². The molecule has 1 heteroatoms. The lowest BCUT2D eigenvalue weighted by Gasteiger charge is -2.16. The Bertz CT molecular complexity index is 1230. The molecule has 1 aromatic heterocycles. The van der Waals surface area contributed by atoms with E-state index < -0.39 is 0 Å². The van der Waals surface area contributed by atoms with Gasteiger partial charge in [-0.2, -0.15) is 0 Å². The fraction of sp³-hybridized carbons (Fsp3) is 0.111. The molecular formula is C27H23N. The molecule has 5 rings (SSSR count). The van der Waals surface area contributed by atoms with Gasteiger partial charge in [0.25, 0.3) is 0 Å². The average molecular weight is 361 g/mol. The number of fused-ring (bicyclic) bond motifs is 1. The van der Waals surface area contributed by atoms with Crippen LogP contribution in [-0.4, -0.2) is 4.98 Å². The van der Waals surface area contributed by atoms with Crippen molar-refractivity contribution < 1.29 is 0 Å². The van der Waals surface area contributed by atoms with Crippen LogP contribution in [0.3, 0.4) is 0 Å². The molecule has 1 aliphatic rings. The predicted molar refractivity (Wildman–Crippen MR) is 117 cm³/mol. The number of benzene rings is 3. The summed E-state index contributed by atoms with van der Waals surface area (Å²) in [5, 5.41) is 2.61. The summed E-state index contributed by atoms with van der Waals surface area (Å²) in [6, 6.07) is 32.7. The molecule has 136 valence electrons. The molecular weight excluding hydrogens is 338 g/mol. The highest BCUT2D eigenvalue weighted by Gasteiger charge is 2.16. The first-order valence-electron chi connectivity index (χ1n) is 9.93. The Hall–Kier alpha value is -3.32. The van der Waals surface area contributed by atoms with Gasteiger partial charge in [0.05, 0.1) is 0 Å². The molecule has 0 spiro atoms. The number of hydrogen-bond acceptors (Lipinski definition) is 0. The second-order valence-corrected chi connectivity index (χ2v) is 7.53. The van der Waals surface area contributed by atoms with Crippen molar-refractivity contribution in [2.45, 2.75) is 19.8 Å². The zero-order chi connectivity index (χ0) is 18.9. The highest BCUT2D eigenvalue weighted by atomic mass is 14.7. The molecule has 0 atom stereocenters. The Balaban J connectivity index is 1.82. The fourth-order valence-corrected chi connectivity index (χ4v) is 4.20. The molecule has 0 saturated heterocycles. The molecule has 28 heavy (non-hydrogen) atoms. The molecule has 0 aliphatic heterocycles. The Labute approximate surface area is 165 Å². The van der Waals surface area contributed by atoms with E-state index in [-0.39, 0.29) is 0 Å². The second kappa shape index (κ2) is 7.01. The van der Waals surface area contributed by atoms with Crippen molar-refractivity contribution in [1.82, 2.24) is 4.98 Å². The van der Waals surface area contributed by atoms with Crippen LogP contribution in [0.25, 0.3) is 22.4 Å². The van der Waals surface area contributed by atoms with Crippen LogP contribution in [0.1, 0.15) is 29.5 Å². The fourth-order valence-electron chi connectivity index (χ4n) is 4.20. The van der Waals surface area contributed by atoms with Crippen LogP contribution in [0.15, 0.2) is 91.0 Å². The van der Waals surface area contributed by atoms with E-state index in [9.17, 15) is 0 Å². The first-order valence-corrected chi connectivity index (χ1v) is 9.93. The Kier molecular flexibility index (Phi) is 4.21. The molecule has 1 nitrogen and oxygen atoms in total. The van der Waals surface area contributed by atoms with Gasteiger partial charge in [-0.3, -0.25) is 0 Å². The molecule has 0 unspecified atom stereocenters. The van der Waals surface area contributed by atoms with Crippen LogP contribution < -0.4 is 10.6 Å². The standard InChI is InChI=1S/C27H23N/c1-19-12-14-21(15-13-19)24-17-16-23(20-8-4-2-5-9-20)25-18-26(28-27(24)25)22-10-6-3-7-11-22/h2-15,18,28H,16-17H2,1H3. The topological polar surface area (TPSA) is 15.8 Å². The highest BCUT2D eigenvalue weighted by Crippen LogP contribution is 2.27. The molecule has 1 heterocycles. The van der Waals surface area contributed by atoms with Crippen molar-refractivity contribution in [2.75, 3.05) is 0 Å². The van der Waals surface area contributed by atoms with Crippen LogP contribution in [-0.2, 0) is 0 Å². The zero-order valence-corrected chi connectivity index (χ0v) is 16.1. The third kappa shape index (κ3) is 2.99. The molecule has 3 aromatic carbocycles. The summed E-state index contributed by atoms with van der Waals surface area (Å²) >= 11 is 0. The van der Waals surface area contributed by atoms with Crippen LogP contribution in [0.2, 0.25) is 0 Å². The minimum absolute atomic E-state index is 1.05. The van der Waals surface area contributed by atoms with Gasteiger partial charge in [-0.1, -0.05) is 90.5 Å². The molecule has 0 saturated carbocycles. The minimum atomic E-state index is 1.05. The van der Waals surface area contributed by atoms with Crippen LogP contribution in [0.5, 0.6) is 0 Å². The molecule has 1 aliphatic carbocycles. The quantitative estimate of drug-likeness (QED) is 0.517. The van der Waals surface area contributed by atoms with Crippen LogP contribution in [0, 0.1) is 6.92 Å². The number of H-pyrrole nitrogens is 1. The van der Waals surface area contributed by atoms with E-state index in [0.717, 1.165) is 12.8 Å². The maximum Gasteiger partial charge on any atom is 0.0500 e. The number of rotatable bonds is 3. The van der Waals surface area contributed by atoms with Crippen molar-refractivity contribution in [3.8, 4) is 11.3 Å². The van der Waals surface area contributed by atoms with Gasteiger partial charge in [0, 0.05) is 16.3 Å². The summed E-state index contributed by atoms with van der Waals surface area (Å²) in [5.74, 6) is 0. The zero-order valence-electron chi connectivity index (χ0n) is 16.1. The smallest absolute Gasteiger partial charge is 0.0500 e. The molecule has 0 fully saturated rings. The molecule has 1 N–H and O–H groups in total. The van der Waals surface area contributed by atoms with E-state index in [1.54, 1.807) is 0 Å². The number of hydrogen-bond donors (Lipinski definition) is 1. The summed E-state index contributed by atoms with van der Waals surface area (Å²) in [7, 11) is 0. The number of nitrogens with one attached hydrogen (secondary N) is 1. The van der Waals surface area contributed by atoms with Crippen LogP contribution in [0.4, 0.5) is 0 Å². The van der Waals surface area contributed by atoms with E-state index in [0.29, 0.717) is 0 Å². The predicted octanol–water partition coefficient (Wildman–Crippen LogP) is 5.18. The van der Waals surface area contributed by atoms with Gasteiger partial charge < -0.3 is 4.98 Å². The van der Waals surface area contributed by atoms with E-state index >= 15 is 0 Å². The number of aromatic amines is 1. The summed E-state index contributed by atoms with van der Waals surface area (Å²) in [6.45, 7) is 2.14. The average Bonchev–Trinajstić information content (AvgIpc) is 3.20. The maximum absolute atomic E-state index is 3.75. The number of aromatic nitrogens is 1. The molecule has 0 radical (unpaired) electrons. The lowest BCUT2D eigenvalue weighted by Crippen LogP contribution is -2.31. The molecule has 0 bridgehead atoms. The lowest BCUT2D eigenvalue weighted by molar-refractivity contribution is 1.03. The normalized spacial score (nSPS) is 13.5. The van der Waals surface area contributed by atoms with E-state index in [1.807, 2.05) is 0 Å². The summed E-state index contributed by atoms with van der Waals surface area (Å²) < 4.78 is 0. The van der Waals surface area contributed by atoms with Crippen LogP contribution >= 0.6 is 0 Å². The first-order chi connectivity index (χ1) is 13.8. The lowest BCUT2D eigenvalue weighted by atomic mass is 9.89. The third-order valence-electron chi connectivity index (χ3n) is 5.68. The van der Waals surface area contributed by atoms with Gasteiger partial charge in [0.15, 0.2) is 0 Å². The number of aryl methyl sites for hydroxylation is 1. The summed E-state index contributed by atoms with van der Waals surface area (Å²) in [5.41, 5.74) is 9.21. The van der Waals surface area contributed by atoms with E-state index in [1.165, 1.54) is 49.7 Å². The molecule has 0 amide bonds. The summed E-state index contributed by atoms with van der Waals surface area (Å²) in [4.78, 5) is 3.75. The Morgan fingerprint density at radius 2 is 1.18 bits per heavy atom. The monoisotopic (exact) mass is 361 g/mol. The Morgan fingerprint density at radius 3 is 1.86 bits per heavy atom. The Morgan fingerprint density at radius 1 is 0.607 bits per heavy atom. The maximum atomic E-state index is 3.75. The van der Waals surface area contributed by atoms with Crippen molar-refractivity contribution in [3.63, 3.8) is 0 Å². The highest BCUT2D eigenvalue weighted by molar-refractivity contribution is 5.76. The van der Waals surface area contributed by atoms with Gasteiger partial charge in [0.2, 0.25) is 0 Å². The van der Waals surface area contributed by atoms with E-state index in [4.69, 9.17) is 0 Å². The minimum Gasteiger partial charge on any atom is -0.354 e. The summed E-state index contributed by atoms with van der Waals surface area (Å²) in [6.07, 6.45) is 2.11. The largest absolute Gasteiger partial charge is 0.354 e. The third-order valence-corrected chi connectivity index (χ3v) is 5.68. The van der Waals surface area contributed by atoms with Gasteiger partial charge in [-0.05, 0) is 53.7 Å². The van der Waals surface area contributed by atoms with Crippen molar-refractivity contribution in [3.05, 3.63) is 118 Å². The first kappa shape index (κ1) is 16.8. The van der Waals surface area contributed by atoms with Gasteiger partial charge in [0.1, 0.15) is 0 Å². The van der Waals surface area contributed by atoms with Gasteiger partial charge in [-0.15, -0.1) is 0 Å². The van der Waals surface area contributed by atoms with Gasteiger partial charge >= 0.3 is 0 Å². The van der Waals surface area contributed by atoms with Crippen molar-refractivity contribution in [1.29, 1.82) is 0 Å². The SMILES string of the molecule is Cc1ccc(C2=c3[nH]c(-c4ccccc4)cc3=C(c3ccccc3)CC2)cc1. The second-order valence-electron chi connectivity index (χ2n) is 7.53. The van der Waals surface area contributed by atoms with E-state index in [2.05, 4.69) is 103 Å². The van der Waals surface area contributed by atoms with Crippen molar-refractivity contribution >= 4 is 11.1 Å². The molecule has 4 aromatic rings. The van der Waals surface area contributed by atoms with Gasteiger partial charge in [-0.25, -0.2) is 0 Å².